The fraction of sp³-hybridized carbons (Fsp3) is 0.500. The minimum atomic E-state index is -0.0646. The average Bonchev–Trinajstić information content (AvgIpc) is 2.57. The lowest BCUT2D eigenvalue weighted by molar-refractivity contribution is 0.0824. The molecule has 1 fully saturated rings. The highest BCUT2D eigenvalue weighted by Crippen LogP contribution is 2.14. The summed E-state index contributed by atoms with van der Waals surface area (Å²) in [5.41, 5.74) is 0.567. The molecule has 1 amide bonds. The van der Waals surface area contributed by atoms with Gasteiger partial charge in [-0.1, -0.05) is 6.92 Å². The molecule has 1 aliphatic rings. The van der Waals surface area contributed by atoms with Gasteiger partial charge in [0.2, 0.25) is 0 Å². The van der Waals surface area contributed by atoms with Crippen LogP contribution in [-0.4, -0.2) is 36.5 Å². The zero-order chi connectivity index (χ0) is 10.8. The van der Waals surface area contributed by atoms with Crippen LogP contribution in [0.1, 0.15) is 17.3 Å². The van der Waals surface area contributed by atoms with E-state index in [0.717, 1.165) is 19.6 Å². The van der Waals surface area contributed by atoms with Crippen LogP contribution in [0.4, 0.5) is 0 Å². The van der Waals surface area contributed by atoms with Crippen molar-refractivity contribution in [2.24, 2.45) is 0 Å². The number of halogens is 1. The molecule has 1 aliphatic heterocycles. The third-order valence-corrected chi connectivity index (χ3v) is 2.99. The smallest absolute Gasteiger partial charge is 0.254 e. The van der Waals surface area contributed by atoms with Crippen LogP contribution in [0, 0.1) is 0 Å². The van der Waals surface area contributed by atoms with Gasteiger partial charge in [-0.3, -0.25) is 9.69 Å². The van der Waals surface area contributed by atoms with Gasteiger partial charge >= 0.3 is 0 Å². The van der Waals surface area contributed by atoms with Crippen LogP contribution in [-0.2, 0) is 0 Å². The van der Waals surface area contributed by atoms with Gasteiger partial charge in [-0.25, -0.2) is 0 Å². The van der Waals surface area contributed by atoms with E-state index in [9.17, 15) is 4.79 Å². The van der Waals surface area contributed by atoms with Crippen molar-refractivity contribution in [2.75, 3.05) is 19.6 Å². The van der Waals surface area contributed by atoms with Crippen LogP contribution in [0.25, 0.3) is 0 Å². The molecule has 0 atom stereocenters. The SMILES string of the molecule is CCN1CC(NC(=O)c2coc(Br)c2)C1. The van der Waals surface area contributed by atoms with Crippen LogP contribution >= 0.6 is 15.9 Å². The minimum Gasteiger partial charge on any atom is -0.457 e. The molecule has 1 saturated heterocycles. The van der Waals surface area contributed by atoms with E-state index in [1.165, 1.54) is 6.26 Å². The van der Waals surface area contributed by atoms with E-state index in [2.05, 4.69) is 33.1 Å². The number of carbonyl (C=O) groups is 1. The van der Waals surface area contributed by atoms with Crippen molar-refractivity contribution in [1.29, 1.82) is 0 Å². The first-order valence-electron chi connectivity index (χ1n) is 4.96. The van der Waals surface area contributed by atoms with E-state index in [-0.39, 0.29) is 11.9 Å². The van der Waals surface area contributed by atoms with Gasteiger partial charge in [-0.2, -0.15) is 0 Å². The Labute approximate surface area is 96.7 Å². The number of likely N-dealkylation sites (N-methyl/N-ethyl adjacent to an activating group) is 1. The minimum absolute atomic E-state index is 0.0646. The van der Waals surface area contributed by atoms with E-state index in [1.54, 1.807) is 6.07 Å². The zero-order valence-corrected chi connectivity index (χ0v) is 10.1. The molecule has 0 aromatic carbocycles. The molecule has 4 nitrogen and oxygen atoms in total. The quantitative estimate of drug-likeness (QED) is 0.907. The number of nitrogens with one attached hydrogen (secondary N) is 1. The maximum atomic E-state index is 11.6. The molecular formula is C10H13BrN2O2. The normalized spacial score (nSPS) is 17.5. The number of likely N-dealkylation sites (tertiary alicyclic amines) is 1. The summed E-state index contributed by atoms with van der Waals surface area (Å²) in [6.07, 6.45) is 1.45. The van der Waals surface area contributed by atoms with Crippen LogP contribution in [0.2, 0.25) is 0 Å². The van der Waals surface area contributed by atoms with Gasteiger partial charge in [0.25, 0.3) is 5.91 Å². The summed E-state index contributed by atoms with van der Waals surface area (Å²) in [6.45, 7) is 5.05. The summed E-state index contributed by atoms with van der Waals surface area (Å²) in [6, 6.07) is 1.96. The maximum Gasteiger partial charge on any atom is 0.254 e. The zero-order valence-electron chi connectivity index (χ0n) is 8.50. The Balaban J connectivity index is 1.84. The molecule has 1 aromatic rings. The molecule has 0 bridgehead atoms. The third kappa shape index (κ3) is 2.41. The van der Waals surface area contributed by atoms with Crippen molar-refractivity contribution in [3.05, 3.63) is 22.6 Å². The Bertz CT molecular complexity index is 358. The van der Waals surface area contributed by atoms with E-state index in [0.29, 0.717) is 10.2 Å². The molecule has 5 heteroatoms. The standard InChI is InChI=1S/C10H13BrN2O2/c1-2-13-4-8(5-13)12-10(14)7-3-9(11)15-6-7/h3,6,8H,2,4-5H2,1H3,(H,12,14). The van der Waals surface area contributed by atoms with Crippen molar-refractivity contribution in [3.8, 4) is 0 Å². The van der Waals surface area contributed by atoms with Crippen LogP contribution in [0.3, 0.4) is 0 Å². The predicted molar refractivity (Wildman–Crippen MR) is 59.8 cm³/mol. The van der Waals surface area contributed by atoms with E-state index in [1.807, 2.05) is 0 Å². The number of rotatable bonds is 3. The summed E-state index contributed by atoms with van der Waals surface area (Å²) >= 11 is 3.16. The van der Waals surface area contributed by atoms with Gasteiger partial charge < -0.3 is 9.73 Å². The summed E-state index contributed by atoms with van der Waals surface area (Å²) in [7, 11) is 0. The van der Waals surface area contributed by atoms with Gasteiger partial charge in [0.15, 0.2) is 4.67 Å². The van der Waals surface area contributed by atoms with Crippen LogP contribution in [0.15, 0.2) is 21.4 Å². The highest BCUT2D eigenvalue weighted by atomic mass is 79.9. The molecule has 15 heavy (non-hydrogen) atoms. The number of nitrogens with zero attached hydrogens (tertiary/aromatic N) is 1. The summed E-state index contributed by atoms with van der Waals surface area (Å²) < 4.78 is 5.59. The number of hydrogen-bond donors (Lipinski definition) is 1. The Morgan fingerprint density at radius 2 is 2.47 bits per heavy atom. The summed E-state index contributed by atoms with van der Waals surface area (Å²) in [4.78, 5) is 13.9. The second-order valence-electron chi connectivity index (χ2n) is 3.66. The number of hydrogen-bond acceptors (Lipinski definition) is 3. The molecule has 0 saturated carbocycles. The van der Waals surface area contributed by atoms with E-state index in [4.69, 9.17) is 4.42 Å². The number of carbonyl (C=O) groups excluding carboxylic acids is 1. The topological polar surface area (TPSA) is 45.5 Å². The highest BCUT2D eigenvalue weighted by Gasteiger charge is 2.26. The lowest BCUT2D eigenvalue weighted by atomic mass is 10.1. The van der Waals surface area contributed by atoms with Crippen molar-refractivity contribution >= 4 is 21.8 Å². The molecular weight excluding hydrogens is 260 g/mol. The van der Waals surface area contributed by atoms with Gasteiger partial charge in [-0.05, 0) is 22.5 Å². The second kappa shape index (κ2) is 4.37. The van der Waals surface area contributed by atoms with Crippen molar-refractivity contribution in [1.82, 2.24) is 10.2 Å². The van der Waals surface area contributed by atoms with E-state index >= 15 is 0 Å². The number of amides is 1. The first-order chi connectivity index (χ1) is 7.19. The van der Waals surface area contributed by atoms with Crippen LogP contribution in [0.5, 0.6) is 0 Å². The molecule has 0 radical (unpaired) electrons. The fourth-order valence-corrected chi connectivity index (χ4v) is 1.96. The molecule has 0 unspecified atom stereocenters. The van der Waals surface area contributed by atoms with Crippen molar-refractivity contribution < 1.29 is 9.21 Å². The lowest BCUT2D eigenvalue weighted by Gasteiger charge is -2.38. The average molecular weight is 273 g/mol. The fourth-order valence-electron chi connectivity index (χ4n) is 1.62. The van der Waals surface area contributed by atoms with Gasteiger partial charge in [0.05, 0.1) is 11.6 Å². The van der Waals surface area contributed by atoms with Gasteiger partial charge in [0.1, 0.15) is 6.26 Å². The predicted octanol–water partition coefficient (Wildman–Crippen LogP) is 1.48. The van der Waals surface area contributed by atoms with Crippen molar-refractivity contribution in [2.45, 2.75) is 13.0 Å². The third-order valence-electron chi connectivity index (χ3n) is 2.57. The second-order valence-corrected chi connectivity index (χ2v) is 4.44. The molecule has 0 spiro atoms. The van der Waals surface area contributed by atoms with Crippen LogP contribution < -0.4 is 5.32 Å². The Kier molecular flexibility index (Phi) is 3.11. The Morgan fingerprint density at radius 1 is 1.73 bits per heavy atom. The first kappa shape index (κ1) is 10.7. The molecule has 1 N–H and O–H groups in total. The number of furan rings is 1. The highest BCUT2D eigenvalue weighted by molar-refractivity contribution is 9.10. The Hall–Kier alpha value is -0.810. The molecule has 82 valence electrons. The molecule has 2 heterocycles. The monoisotopic (exact) mass is 272 g/mol. The van der Waals surface area contributed by atoms with Crippen molar-refractivity contribution in [3.63, 3.8) is 0 Å². The summed E-state index contributed by atoms with van der Waals surface area (Å²) in [5, 5.41) is 2.95. The molecule has 1 aromatic heterocycles. The van der Waals surface area contributed by atoms with Gasteiger partial charge in [0, 0.05) is 19.2 Å². The maximum absolute atomic E-state index is 11.6. The largest absolute Gasteiger partial charge is 0.457 e. The summed E-state index contributed by atoms with van der Waals surface area (Å²) in [5.74, 6) is -0.0646. The van der Waals surface area contributed by atoms with Gasteiger partial charge in [-0.15, -0.1) is 0 Å². The molecule has 0 aliphatic carbocycles. The first-order valence-corrected chi connectivity index (χ1v) is 5.75. The van der Waals surface area contributed by atoms with E-state index < -0.39 is 0 Å². The Morgan fingerprint density at radius 3 is 3.00 bits per heavy atom. The molecule has 2 rings (SSSR count). The lowest BCUT2D eigenvalue weighted by Crippen LogP contribution is -2.58.